The van der Waals surface area contributed by atoms with E-state index in [1.165, 1.54) is 0 Å². The van der Waals surface area contributed by atoms with Gasteiger partial charge in [0.1, 0.15) is 11.3 Å². The number of aromatic nitrogens is 2. The van der Waals surface area contributed by atoms with Gasteiger partial charge in [0.25, 0.3) is 0 Å². The summed E-state index contributed by atoms with van der Waals surface area (Å²) in [4.78, 5) is 40.1. The molecule has 5 rings (SSSR count). The number of amides is 1. The second kappa shape index (κ2) is 11.4. The van der Waals surface area contributed by atoms with E-state index in [-0.39, 0.29) is 23.6 Å². The van der Waals surface area contributed by atoms with Crippen LogP contribution in [0, 0.1) is 11.3 Å². The summed E-state index contributed by atoms with van der Waals surface area (Å²) in [5.74, 6) is 0.0813. The molecule has 2 spiro atoms. The van der Waals surface area contributed by atoms with Crippen LogP contribution in [0.5, 0.6) is 0 Å². The fourth-order valence-corrected chi connectivity index (χ4v) is 8.01. The van der Waals surface area contributed by atoms with Crippen LogP contribution in [0.15, 0.2) is 17.4 Å². The number of carbonyl (C=O) groups is 2. The van der Waals surface area contributed by atoms with Gasteiger partial charge in [0.2, 0.25) is 5.95 Å². The lowest BCUT2D eigenvalue weighted by Crippen LogP contribution is -2.62. The summed E-state index contributed by atoms with van der Waals surface area (Å²) in [5, 5.41) is 13.9. The minimum absolute atomic E-state index is 0.0111. The summed E-state index contributed by atoms with van der Waals surface area (Å²) in [6.45, 7) is 10.3. The molecule has 0 radical (unpaired) electrons. The van der Waals surface area contributed by atoms with Gasteiger partial charge in [0, 0.05) is 49.8 Å². The van der Waals surface area contributed by atoms with Crippen LogP contribution >= 0.6 is 11.8 Å². The van der Waals surface area contributed by atoms with Crippen molar-refractivity contribution in [2.24, 2.45) is 16.5 Å². The van der Waals surface area contributed by atoms with Crippen LogP contribution in [-0.2, 0) is 19.0 Å². The summed E-state index contributed by atoms with van der Waals surface area (Å²) in [5.41, 5.74) is -0.672. The van der Waals surface area contributed by atoms with E-state index in [1.54, 1.807) is 28.9 Å². The number of oxime groups is 1. The van der Waals surface area contributed by atoms with E-state index in [1.807, 2.05) is 27.7 Å². The van der Waals surface area contributed by atoms with Crippen molar-refractivity contribution in [1.29, 1.82) is 0 Å². The lowest BCUT2D eigenvalue weighted by Gasteiger charge is -2.51. The number of thioether (sulfide) groups is 1. The monoisotopic (exact) mass is 575 g/mol. The third kappa shape index (κ3) is 5.42. The van der Waals surface area contributed by atoms with Crippen molar-refractivity contribution in [2.75, 3.05) is 49.3 Å². The molecule has 4 aliphatic rings. The molecular formula is C28H41N5O6S. The highest BCUT2D eigenvalue weighted by atomic mass is 32.2. The van der Waals surface area contributed by atoms with Crippen LogP contribution in [0.2, 0.25) is 0 Å². The van der Waals surface area contributed by atoms with Gasteiger partial charge in [-0.05, 0) is 53.0 Å². The second-order valence-corrected chi connectivity index (χ2v) is 13.3. The van der Waals surface area contributed by atoms with Gasteiger partial charge in [-0.2, -0.15) is 11.8 Å². The Morgan fingerprint density at radius 2 is 1.95 bits per heavy atom. The van der Waals surface area contributed by atoms with Gasteiger partial charge in [0.15, 0.2) is 11.6 Å². The number of hydrogen-bond acceptors (Lipinski definition) is 11. The first-order valence-electron chi connectivity index (χ1n) is 14.3. The van der Waals surface area contributed by atoms with E-state index < -0.39 is 22.7 Å². The van der Waals surface area contributed by atoms with Crippen molar-refractivity contribution in [3.8, 4) is 0 Å². The number of nitrogens with zero attached hydrogens (tertiary/aromatic N) is 5. The maximum absolute atomic E-state index is 14.3. The predicted molar refractivity (Wildman–Crippen MR) is 151 cm³/mol. The molecule has 220 valence electrons. The van der Waals surface area contributed by atoms with Crippen molar-refractivity contribution in [1.82, 2.24) is 14.9 Å². The molecule has 0 bridgehead atoms. The molecule has 1 aromatic rings. The highest BCUT2D eigenvalue weighted by Gasteiger charge is 2.64. The molecule has 1 N–H and O–H groups in total. The molecule has 3 saturated heterocycles. The zero-order chi connectivity index (χ0) is 28.5. The number of carbonyl (C=O) groups excluding carboxylic acids is 2. The first-order chi connectivity index (χ1) is 19.1. The Labute approximate surface area is 240 Å². The molecule has 4 heterocycles. The van der Waals surface area contributed by atoms with Gasteiger partial charge in [-0.1, -0.05) is 11.6 Å². The average Bonchev–Trinajstić information content (AvgIpc) is 3.29. The smallest absolute Gasteiger partial charge is 0.410 e. The van der Waals surface area contributed by atoms with Crippen molar-refractivity contribution in [3.05, 3.63) is 18.0 Å². The van der Waals surface area contributed by atoms with Crippen molar-refractivity contribution >= 4 is 35.3 Å². The van der Waals surface area contributed by atoms with Crippen LogP contribution in [0.25, 0.3) is 0 Å². The fraction of sp³-hybridized carbons (Fsp3) is 0.750. The molecule has 1 aromatic heterocycles. The molecule has 1 aliphatic carbocycles. The first-order valence-corrected chi connectivity index (χ1v) is 15.4. The van der Waals surface area contributed by atoms with Crippen molar-refractivity contribution in [3.63, 3.8) is 0 Å². The van der Waals surface area contributed by atoms with Gasteiger partial charge < -0.3 is 29.2 Å². The Kier molecular flexibility index (Phi) is 8.32. The highest BCUT2D eigenvalue weighted by molar-refractivity contribution is 7.99. The summed E-state index contributed by atoms with van der Waals surface area (Å²) in [7, 11) is 0. The van der Waals surface area contributed by atoms with Gasteiger partial charge in [0.05, 0.1) is 30.2 Å². The number of rotatable bonds is 3. The molecule has 2 unspecified atom stereocenters. The lowest BCUT2D eigenvalue weighted by atomic mass is 9.64. The third-order valence-electron chi connectivity index (χ3n) is 8.36. The molecule has 3 aliphatic heterocycles. The molecule has 40 heavy (non-hydrogen) atoms. The number of ether oxygens (including phenoxy) is 3. The number of Topliss-reactive ketones (excluding diaryl/α,β-unsaturated/α-hetero) is 1. The number of hydrogen-bond donors (Lipinski definition) is 1. The topological polar surface area (TPSA) is 127 Å². The van der Waals surface area contributed by atoms with E-state index in [0.717, 1.165) is 19.3 Å². The van der Waals surface area contributed by atoms with E-state index >= 15 is 0 Å². The van der Waals surface area contributed by atoms with Gasteiger partial charge in [-0.15, -0.1) is 0 Å². The predicted octanol–water partition coefficient (Wildman–Crippen LogP) is 3.73. The minimum Gasteiger partial charge on any atom is -0.444 e. The second-order valence-electron chi connectivity index (χ2n) is 12.2. The van der Waals surface area contributed by atoms with E-state index in [0.29, 0.717) is 68.8 Å². The van der Waals surface area contributed by atoms with E-state index in [4.69, 9.17) is 19.2 Å². The molecule has 4 fully saturated rings. The molecule has 1 amide bonds. The summed E-state index contributed by atoms with van der Waals surface area (Å²) in [6, 6.07) is 1.61. The first kappa shape index (κ1) is 29.1. The Hall–Kier alpha value is -2.44. The fourth-order valence-electron chi connectivity index (χ4n) is 6.50. The van der Waals surface area contributed by atoms with Crippen LogP contribution in [0.1, 0.15) is 65.5 Å². The molecule has 3 atom stereocenters. The summed E-state index contributed by atoms with van der Waals surface area (Å²) in [6.07, 6.45) is 5.31. The number of fused-ring (bicyclic) bond motifs is 1. The molecule has 1 saturated carbocycles. The standard InChI is InChI=1S/C28H41N5O6S/c1-19-16-32(25(35)39-26(2,3)4)12-7-13-33(19)24-29-11-8-21(30-24)22(31-36)20-17-40-18-27(23(20)34)9-5-6-10-28(27)37-14-15-38-28/h8,11,19-20,36H,5-7,9-10,12-18H2,1-4H3/b31-22-/t19-,20?,27?/m0/s1. The zero-order valence-corrected chi connectivity index (χ0v) is 24.7. The van der Waals surface area contributed by atoms with Crippen LogP contribution in [0.3, 0.4) is 0 Å². The maximum atomic E-state index is 14.3. The van der Waals surface area contributed by atoms with Crippen LogP contribution < -0.4 is 4.90 Å². The highest BCUT2D eigenvalue weighted by Crippen LogP contribution is 2.55. The van der Waals surface area contributed by atoms with Gasteiger partial charge in [-0.25, -0.2) is 14.8 Å². The SMILES string of the molecule is C[C@H]1CN(C(=O)OC(C)(C)C)CCCN1c1nccc(/C(=N\O)C2CSCC3(CCCCC34OCCO4)C2=O)n1. The largest absolute Gasteiger partial charge is 0.444 e. The number of ketones is 1. The summed E-state index contributed by atoms with van der Waals surface area (Å²) < 4.78 is 17.9. The molecule has 11 nitrogen and oxygen atoms in total. The normalized spacial score (nSPS) is 29.6. The summed E-state index contributed by atoms with van der Waals surface area (Å²) >= 11 is 1.68. The molecule has 0 aromatic carbocycles. The van der Waals surface area contributed by atoms with Crippen molar-refractivity contribution < 1.29 is 29.0 Å². The minimum atomic E-state index is -0.896. The van der Waals surface area contributed by atoms with Crippen LogP contribution in [-0.4, -0.2) is 99.4 Å². The van der Waals surface area contributed by atoms with Gasteiger partial charge in [-0.3, -0.25) is 4.79 Å². The zero-order valence-electron chi connectivity index (χ0n) is 23.9. The Balaban J connectivity index is 1.37. The molecule has 12 heteroatoms. The van der Waals surface area contributed by atoms with E-state index in [9.17, 15) is 14.8 Å². The number of anilines is 1. The van der Waals surface area contributed by atoms with E-state index in [2.05, 4.69) is 15.0 Å². The lowest BCUT2D eigenvalue weighted by molar-refractivity contribution is -0.243. The quantitative estimate of drug-likeness (QED) is 0.324. The molecular weight excluding hydrogens is 534 g/mol. The Morgan fingerprint density at radius 1 is 1.20 bits per heavy atom. The average molecular weight is 576 g/mol. The Bertz CT molecular complexity index is 1130. The van der Waals surface area contributed by atoms with Gasteiger partial charge >= 0.3 is 6.09 Å². The maximum Gasteiger partial charge on any atom is 0.410 e. The Morgan fingerprint density at radius 3 is 2.67 bits per heavy atom. The van der Waals surface area contributed by atoms with Crippen molar-refractivity contribution in [2.45, 2.75) is 77.2 Å². The van der Waals surface area contributed by atoms with Crippen LogP contribution in [0.4, 0.5) is 10.7 Å². The third-order valence-corrected chi connectivity index (χ3v) is 9.62.